The molecule has 1 amide bonds. The van der Waals surface area contributed by atoms with Crippen LogP contribution in [0.25, 0.3) is 0 Å². The van der Waals surface area contributed by atoms with Gasteiger partial charge in [-0.3, -0.25) is 4.79 Å². The molecule has 0 aliphatic carbocycles. The van der Waals surface area contributed by atoms with Crippen molar-refractivity contribution in [1.82, 2.24) is 5.32 Å². The van der Waals surface area contributed by atoms with Crippen molar-refractivity contribution in [2.45, 2.75) is 198 Å². The van der Waals surface area contributed by atoms with E-state index in [4.69, 9.17) is 9.47 Å². The van der Waals surface area contributed by atoms with Gasteiger partial charge in [-0.2, -0.15) is 0 Å². The second-order valence-electron chi connectivity index (χ2n) is 14.1. The Hall–Kier alpha value is -1.85. The van der Waals surface area contributed by atoms with Crippen LogP contribution < -0.4 is 5.32 Å². The molecule has 7 atom stereocenters. The Balaban J connectivity index is 2.12. The molecule has 1 heterocycles. The third kappa shape index (κ3) is 24.2. The lowest BCUT2D eigenvalue weighted by molar-refractivity contribution is -0.302. The van der Waals surface area contributed by atoms with Gasteiger partial charge >= 0.3 is 0 Å². The summed E-state index contributed by atoms with van der Waals surface area (Å²) in [4.78, 5) is 12.7. The van der Waals surface area contributed by atoms with Gasteiger partial charge in [0, 0.05) is 6.42 Å². The predicted octanol–water partition coefficient (Wildman–Crippen LogP) is 7.50. The van der Waals surface area contributed by atoms with Crippen LogP contribution in [0, 0.1) is 0 Å². The van der Waals surface area contributed by atoms with E-state index >= 15 is 0 Å². The summed E-state index contributed by atoms with van der Waals surface area (Å²) in [5.74, 6) is -0.196. The maximum atomic E-state index is 12.7. The molecule has 6 N–H and O–H groups in total. The molecular formula is C42H75NO8. The monoisotopic (exact) mass is 722 g/mol. The molecule has 296 valence electrons. The zero-order valence-corrected chi connectivity index (χ0v) is 32.1. The summed E-state index contributed by atoms with van der Waals surface area (Å²) in [6.07, 6.45) is 34.0. The summed E-state index contributed by atoms with van der Waals surface area (Å²) >= 11 is 0. The van der Waals surface area contributed by atoms with E-state index in [1.807, 2.05) is 13.0 Å². The van der Waals surface area contributed by atoms with E-state index in [1.54, 1.807) is 6.08 Å². The van der Waals surface area contributed by atoms with Gasteiger partial charge in [-0.05, 0) is 51.4 Å². The Morgan fingerprint density at radius 3 is 1.75 bits per heavy atom. The van der Waals surface area contributed by atoms with E-state index in [1.165, 1.54) is 89.9 Å². The van der Waals surface area contributed by atoms with Crippen LogP contribution in [-0.2, 0) is 14.3 Å². The lowest BCUT2D eigenvalue weighted by atomic mass is 9.99. The molecule has 1 aliphatic heterocycles. The van der Waals surface area contributed by atoms with E-state index < -0.39 is 49.5 Å². The topological polar surface area (TPSA) is 149 Å². The van der Waals surface area contributed by atoms with Crippen LogP contribution in [0.15, 0.2) is 48.6 Å². The van der Waals surface area contributed by atoms with Crippen molar-refractivity contribution in [2.24, 2.45) is 0 Å². The van der Waals surface area contributed by atoms with Gasteiger partial charge in [0.1, 0.15) is 24.4 Å². The van der Waals surface area contributed by atoms with Gasteiger partial charge in [0.25, 0.3) is 0 Å². The number of hydrogen-bond donors (Lipinski definition) is 6. The summed E-state index contributed by atoms with van der Waals surface area (Å²) in [7, 11) is 0. The molecular weight excluding hydrogens is 646 g/mol. The summed E-state index contributed by atoms with van der Waals surface area (Å²) in [6, 6.07) is -0.803. The summed E-state index contributed by atoms with van der Waals surface area (Å²) < 4.78 is 11.0. The number of unbranched alkanes of at least 4 members (excludes halogenated alkanes) is 16. The first-order valence-corrected chi connectivity index (χ1v) is 20.4. The molecule has 0 saturated carbocycles. The second kappa shape index (κ2) is 32.8. The first-order chi connectivity index (χ1) is 24.8. The number of rotatable bonds is 32. The van der Waals surface area contributed by atoms with Crippen molar-refractivity contribution in [1.29, 1.82) is 0 Å². The number of hydrogen-bond acceptors (Lipinski definition) is 8. The van der Waals surface area contributed by atoms with Crippen LogP contribution in [-0.4, -0.2) is 87.5 Å². The van der Waals surface area contributed by atoms with Crippen molar-refractivity contribution >= 4 is 5.91 Å². The number of carbonyl (C=O) groups excluding carboxylic acids is 1. The minimum Gasteiger partial charge on any atom is -0.394 e. The van der Waals surface area contributed by atoms with Gasteiger partial charge in [-0.25, -0.2) is 0 Å². The van der Waals surface area contributed by atoms with Gasteiger partial charge in [0.05, 0.1) is 25.4 Å². The molecule has 0 aromatic carbocycles. The van der Waals surface area contributed by atoms with E-state index in [9.17, 15) is 30.3 Å². The fourth-order valence-corrected chi connectivity index (χ4v) is 6.05. The highest BCUT2D eigenvalue weighted by molar-refractivity contribution is 5.76. The predicted molar refractivity (Wildman–Crippen MR) is 207 cm³/mol. The fraction of sp³-hybridized carbons (Fsp3) is 0.786. The number of carbonyl (C=O) groups is 1. The second-order valence-corrected chi connectivity index (χ2v) is 14.1. The lowest BCUT2D eigenvalue weighted by Crippen LogP contribution is -2.60. The largest absolute Gasteiger partial charge is 0.394 e. The lowest BCUT2D eigenvalue weighted by Gasteiger charge is -2.40. The maximum Gasteiger partial charge on any atom is 0.220 e. The standard InChI is InChI=1S/C42H75NO8/c1-3-5-7-8-9-10-11-12-13-14-15-16-17-18-19-20-21-22-23-24-25-26-27-28-30-32-38(46)43-35(36(45)31-29-6-4-2)34-50-42-41(49)40(48)39(47)37(33-44)51-42/h11-12,14-15,17-18,29,31,35-37,39-42,44-45,47-49H,3-10,13,16,19-28,30,32-34H2,1-2H3,(H,43,46)/b12-11-,15-14-,18-17-,31-29+. The number of ether oxygens (including phenoxy) is 2. The van der Waals surface area contributed by atoms with Gasteiger partial charge in [-0.15, -0.1) is 0 Å². The van der Waals surface area contributed by atoms with E-state index in [2.05, 4.69) is 48.7 Å². The van der Waals surface area contributed by atoms with Crippen LogP contribution in [0.2, 0.25) is 0 Å². The minimum absolute atomic E-state index is 0.196. The molecule has 1 aliphatic rings. The molecule has 0 aromatic rings. The Morgan fingerprint density at radius 2 is 1.20 bits per heavy atom. The number of allylic oxidation sites excluding steroid dienone is 7. The molecule has 0 bridgehead atoms. The first kappa shape index (κ1) is 47.2. The average Bonchev–Trinajstić information content (AvgIpc) is 3.13. The highest BCUT2D eigenvalue weighted by Crippen LogP contribution is 2.22. The number of aliphatic hydroxyl groups excluding tert-OH is 5. The smallest absolute Gasteiger partial charge is 0.220 e. The third-order valence-electron chi connectivity index (χ3n) is 9.38. The molecule has 0 radical (unpaired) electrons. The van der Waals surface area contributed by atoms with Crippen LogP contribution in [0.1, 0.15) is 155 Å². The summed E-state index contributed by atoms with van der Waals surface area (Å²) in [6.45, 7) is 3.52. The zero-order chi connectivity index (χ0) is 37.4. The molecule has 7 unspecified atom stereocenters. The molecule has 1 saturated heterocycles. The molecule has 1 rings (SSSR count). The molecule has 0 aromatic heterocycles. The first-order valence-electron chi connectivity index (χ1n) is 20.4. The van der Waals surface area contributed by atoms with E-state index in [-0.39, 0.29) is 12.5 Å². The van der Waals surface area contributed by atoms with Gasteiger partial charge in [-0.1, -0.05) is 146 Å². The number of amides is 1. The molecule has 0 spiro atoms. The molecule has 9 heteroatoms. The fourth-order valence-electron chi connectivity index (χ4n) is 6.05. The van der Waals surface area contributed by atoms with Gasteiger partial charge in [0.2, 0.25) is 5.91 Å². The van der Waals surface area contributed by atoms with Crippen molar-refractivity contribution in [3.05, 3.63) is 48.6 Å². The molecule has 1 fully saturated rings. The highest BCUT2D eigenvalue weighted by atomic mass is 16.7. The zero-order valence-electron chi connectivity index (χ0n) is 32.1. The normalized spacial score (nSPS) is 22.5. The minimum atomic E-state index is -1.56. The van der Waals surface area contributed by atoms with Gasteiger partial charge in [0.15, 0.2) is 6.29 Å². The third-order valence-corrected chi connectivity index (χ3v) is 9.38. The summed E-state index contributed by atoms with van der Waals surface area (Å²) in [5, 5.41) is 53.3. The Labute approximate surface area is 310 Å². The van der Waals surface area contributed by atoms with Gasteiger partial charge < -0.3 is 40.3 Å². The molecule has 51 heavy (non-hydrogen) atoms. The Bertz CT molecular complexity index is 936. The highest BCUT2D eigenvalue weighted by Gasteiger charge is 2.44. The van der Waals surface area contributed by atoms with Crippen LogP contribution in [0.4, 0.5) is 0 Å². The van der Waals surface area contributed by atoms with E-state index in [0.29, 0.717) is 6.42 Å². The molecule has 9 nitrogen and oxygen atoms in total. The Morgan fingerprint density at radius 1 is 0.667 bits per heavy atom. The Kier molecular flexibility index (Phi) is 30.3. The van der Waals surface area contributed by atoms with Crippen LogP contribution in [0.3, 0.4) is 0 Å². The summed E-state index contributed by atoms with van der Waals surface area (Å²) in [5.41, 5.74) is 0. The van der Waals surface area contributed by atoms with Crippen LogP contribution >= 0.6 is 0 Å². The maximum absolute atomic E-state index is 12.7. The van der Waals surface area contributed by atoms with Crippen molar-refractivity contribution < 1.29 is 39.8 Å². The van der Waals surface area contributed by atoms with Crippen LogP contribution in [0.5, 0.6) is 0 Å². The quantitative estimate of drug-likeness (QED) is 0.0309. The average molecular weight is 722 g/mol. The number of aliphatic hydroxyl groups is 5. The van der Waals surface area contributed by atoms with Crippen molar-refractivity contribution in [3.63, 3.8) is 0 Å². The number of nitrogens with one attached hydrogen (secondary N) is 1. The van der Waals surface area contributed by atoms with E-state index in [0.717, 1.165) is 44.9 Å². The SMILES string of the molecule is CCC/C=C/C(O)C(COC1OC(CO)C(O)C(O)C1O)NC(=O)CCCCCCCCCCCC/C=C\C/C=C\C/C=C\CCCCCCC. The van der Waals surface area contributed by atoms with Crippen molar-refractivity contribution in [3.8, 4) is 0 Å². The van der Waals surface area contributed by atoms with Crippen molar-refractivity contribution in [2.75, 3.05) is 13.2 Å².